The van der Waals surface area contributed by atoms with E-state index >= 15 is 0 Å². The molecule has 1 aliphatic carbocycles. The van der Waals surface area contributed by atoms with E-state index < -0.39 is 0 Å². The Morgan fingerprint density at radius 2 is 2.04 bits per heavy atom. The SMILES string of the molecule is CCCCc1nnc(NC(=O)Cc2ccc3c(c2)CCCC3)s1. The first-order valence-corrected chi connectivity index (χ1v) is 9.29. The second kappa shape index (κ2) is 7.68. The molecule has 0 unspecified atom stereocenters. The summed E-state index contributed by atoms with van der Waals surface area (Å²) in [6, 6.07) is 6.46. The zero-order chi connectivity index (χ0) is 16.1. The Hall–Kier alpha value is -1.75. The number of aromatic nitrogens is 2. The van der Waals surface area contributed by atoms with Crippen molar-refractivity contribution in [2.24, 2.45) is 0 Å². The monoisotopic (exact) mass is 329 g/mol. The van der Waals surface area contributed by atoms with Crippen molar-refractivity contribution in [2.75, 3.05) is 5.32 Å². The molecule has 4 nitrogen and oxygen atoms in total. The van der Waals surface area contributed by atoms with Gasteiger partial charge < -0.3 is 5.32 Å². The van der Waals surface area contributed by atoms with Crippen LogP contribution < -0.4 is 5.32 Å². The quantitative estimate of drug-likeness (QED) is 0.873. The molecule has 0 spiro atoms. The van der Waals surface area contributed by atoms with Gasteiger partial charge in [-0.05, 0) is 48.8 Å². The van der Waals surface area contributed by atoms with Crippen molar-refractivity contribution in [2.45, 2.75) is 58.3 Å². The Labute approximate surface area is 141 Å². The summed E-state index contributed by atoms with van der Waals surface area (Å²) in [7, 11) is 0. The molecule has 0 saturated heterocycles. The average molecular weight is 329 g/mol. The highest BCUT2D eigenvalue weighted by Crippen LogP contribution is 2.23. The largest absolute Gasteiger partial charge is 0.300 e. The molecule has 1 amide bonds. The number of fused-ring (bicyclic) bond motifs is 1. The molecule has 0 radical (unpaired) electrons. The van der Waals surface area contributed by atoms with Gasteiger partial charge in [0.05, 0.1) is 6.42 Å². The summed E-state index contributed by atoms with van der Waals surface area (Å²) >= 11 is 1.48. The van der Waals surface area contributed by atoms with Gasteiger partial charge in [0.25, 0.3) is 0 Å². The van der Waals surface area contributed by atoms with Crippen LogP contribution in [-0.4, -0.2) is 16.1 Å². The van der Waals surface area contributed by atoms with Gasteiger partial charge in [-0.1, -0.05) is 42.9 Å². The number of carbonyl (C=O) groups is 1. The predicted molar refractivity (Wildman–Crippen MR) is 93.9 cm³/mol. The zero-order valence-corrected chi connectivity index (χ0v) is 14.4. The minimum Gasteiger partial charge on any atom is -0.300 e. The topological polar surface area (TPSA) is 54.9 Å². The third kappa shape index (κ3) is 4.38. The number of amides is 1. The first-order chi connectivity index (χ1) is 11.2. The van der Waals surface area contributed by atoms with Crippen LogP contribution in [-0.2, 0) is 30.5 Å². The molecule has 1 N–H and O–H groups in total. The molecule has 23 heavy (non-hydrogen) atoms. The number of nitrogens with one attached hydrogen (secondary N) is 1. The van der Waals surface area contributed by atoms with E-state index in [1.807, 2.05) is 0 Å². The Balaban J connectivity index is 1.57. The number of aryl methyl sites for hydroxylation is 3. The van der Waals surface area contributed by atoms with Gasteiger partial charge in [-0.2, -0.15) is 0 Å². The van der Waals surface area contributed by atoms with Crippen molar-refractivity contribution >= 4 is 22.4 Å². The van der Waals surface area contributed by atoms with Gasteiger partial charge in [-0.15, -0.1) is 10.2 Å². The number of unbranched alkanes of at least 4 members (excludes halogenated alkanes) is 1. The van der Waals surface area contributed by atoms with Gasteiger partial charge in [0, 0.05) is 6.42 Å². The smallest absolute Gasteiger partial charge is 0.230 e. The Morgan fingerprint density at radius 1 is 1.22 bits per heavy atom. The number of benzene rings is 1. The highest BCUT2D eigenvalue weighted by Gasteiger charge is 2.12. The van der Waals surface area contributed by atoms with Gasteiger partial charge >= 0.3 is 0 Å². The molecule has 0 fully saturated rings. The van der Waals surface area contributed by atoms with E-state index in [2.05, 4.69) is 40.6 Å². The van der Waals surface area contributed by atoms with Crippen molar-refractivity contribution < 1.29 is 4.79 Å². The third-order valence-electron chi connectivity index (χ3n) is 4.23. The molecule has 1 heterocycles. The molecule has 1 aromatic carbocycles. The van der Waals surface area contributed by atoms with E-state index in [0.717, 1.165) is 36.3 Å². The van der Waals surface area contributed by atoms with Crippen LogP contribution in [0.25, 0.3) is 0 Å². The van der Waals surface area contributed by atoms with Crippen molar-refractivity contribution in [1.82, 2.24) is 10.2 Å². The van der Waals surface area contributed by atoms with Crippen LogP contribution in [0.4, 0.5) is 5.13 Å². The van der Waals surface area contributed by atoms with Gasteiger partial charge in [-0.3, -0.25) is 4.79 Å². The van der Waals surface area contributed by atoms with Crippen LogP contribution in [0.5, 0.6) is 0 Å². The summed E-state index contributed by atoms with van der Waals surface area (Å²) in [6.45, 7) is 2.16. The van der Waals surface area contributed by atoms with E-state index in [9.17, 15) is 4.79 Å². The van der Waals surface area contributed by atoms with Crippen molar-refractivity contribution in [1.29, 1.82) is 0 Å². The molecule has 3 rings (SSSR count). The van der Waals surface area contributed by atoms with Gasteiger partial charge in [0.2, 0.25) is 11.0 Å². The molecule has 2 aromatic rings. The number of rotatable bonds is 6. The Morgan fingerprint density at radius 3 is 2.87 bits per heavy atom. The first kappa shape index (κ1) is 16.1. The first-order valence-electron chi connectivity index (χ1n) is 8.47. The van der Waals surface area contributed by atoms with Crippen molar-refractivity contribution in [3.8, 4) is 0 Å². The molecule has 122 valence electrons. The number of carbonyl (C=O) groups excluding carboxylic acids is 1. The maximum absolute atomic E-state index is 12.2. The van der Waals surface area contributed by atoms with Gasteiger partial charge in [0.1, 0.15) is 5.01 Å². The van der Waals surface area contributed by atoms with E-state index in [0.29, 0.717) is 11.6 Å². The number of hydrogen-bond donors (Lipinski definition) is 1. The summed E-state index contributed by atoms with van der Waals surface area (Å²) in [6.07, 6.45) is 8.44. The minimum atomic E-state index is -0.0149. The normalized spacial score (nSPS) is 13.6. The molecule has 0 bridgehead atoms. The third-order valence-corrected chi connectivity index (χ3v) is 5.13. The van der Waals surface area contributed by atoms with Crippen molar-refractivity contribution in [3.05, 3.63) is 39.9 Å². The predicted octanol–water partition coefficient (Wildman–Crippen LogP) is 3.94. The lowest BCUT2D eigenvalue weighted by Crippen LogP contribution is -2.15. The van der Waals surface area contributed by atoms with E-state index in [1.165, 1.54) is 41.7 Å². The van der Waals surface area contributed by atoms with Gasteiger partial charge in [0.15, 0.2) is 0 Å². The molecule has 1 aromatic heterocycles. The molecule has 0 aliphatic heterocycles. The average Bonchev–Trinajstić information content (AvgIpc) is 3.00. The zero-order valence-electron chi connectivity index (χ0n) is 13.6. The van der Waals surface area contributed by atoms with E-state index in [1.54, 1.807) is 0 Å². The Bertz CT molecular complexity index is 681. The summed E-state index contributed by atoms with van der Waals surface area (Å²) in [5, 5.41) is 12.7. The summed E-state index contributed by atoms with van der Waals surface area (Å²) < 4.78 is 0. The maximum atomic E-state index is 12.2. The standard InChI is InChI=1S/C18H23N3OS/c1-2-3-8-17-20-21-18(23-17)19-16(22)12-13-9-10-14-6-4-5-7-15(14)11-13/h9-11H,2-8,12H2,1H3,(H,19,21,22). The fraction of sp³-hybridized carbons (Fsp3) is 0.500. The highest BCUT2D eigenvalue weighted by molar-refractivity contribution is 7.15. The number of anilines is 1. The molecule has 1 aliphatic rings. The summed E-state index contributed by atoms with van der Waals surface area (Å²) in [4.78, 5) is 12.2. The summed E-state index contributed by atoms with van der Waals surface area (Å²) in [5.41, 5.74) is 3.95. The number of hydrogen-bond acceptors (Lipinski definition) is 4. The lowest BCUT2D eigenvalue weighted by Gasteiger charge is -2.16. The highest BCUT2D eigenvalue weighted by atomic mass is 32.1. The van der Waals surface area contributed by atoms with Crippen LogP contribution in [0.2, 0.25) is 0 Å². The van der Waals surface area contributed by atoms with Crippen LogP contribution in [0, 0.1) is 0 Å². The Kier molecular flexibility index (Phi) is 5.39. The van der Waals surface area contributed by atoms with E-state index in [4.69, 9.17) is 0 Å². The molecular weight excluding hydrogens is 306 g/mol. The van der Waals surface area contributed by atoms with Crippen LogP contribution >= 0.6 is 11.3 Å². The fourth-order valence-corrected chi connectivity index (χ4v) is 3.78. The van der Waals surface area contributed by atoms with Crippen LogP contribution in [0.3, 0.4) is 0 Å². The van der Waals surface area contributed by atoms with Crippen LogP contribution in [0.15, 0.2) is 18.2 Å². The van der Waals surface area contributed by atoms with Crippen molar-refractivity contribution in [3.63, 3.8) is 0 Å². The molecular formula is C18H23N3OS. The second-order valence-electron chi connectivity index (χ2n) is 6.14. The lowest BCUT2D eigenvalue weighted by atomic mass is 9.90. The lowest BCUT2D eigenvalue weighted by molar-refractivity contribution is -0.115. The second-order valence-corrected chi connectivity index (χ2v) is 7.20. The van der Waals surface area contributed by atoms with E-state index in [-0.39, 0.29) is 5.91 Å². The summed E-state index contributed by atoms with van der Waals surface area (Å²) in [5.74, 6) is -0.0149. The minimum absolute atomic E-state index is 0.0149. The number of nitrogens with zero attached hydrogens (tertiary/aromatic N) is 2. The van der Waals surface area contributed by atoms with Crippen LogP contribution in [0.1, 0.15) is 54.3 Å². The molecule has 0 atom stereocenters. The van der Waals surface area contributed by atoms with Gasteiger partial charge in [-0.25, -0.2) is 0 Å². The molecule has 5 heteroatoms. The molecule has 0 saturated carbocycles. The maximum Gasteiger partial charge on any atom is 0.230 e. The fourth-order valence-electron chi connectivity index (χ4n) is 2.98.